The second kappa shape index (κ2) is 6.55. The van der Waals surface area contributed by atoms with E-state index < -0.39 is 0 Å². The molecule has 3 nitrogen and oxygen atoms in total. The fourth-order valence-electron chi connectivity index (χ4n) is 2.68. The lowest BCUT2D eigenvalue weighted by molar-refractivity contribution is -0.129. The highest BCUT2D eigenvalue weighted by Gasteiger charge is 2.25. The minimum atomic E-state index is 0.261. The fraction of sp³-hybridized carbons (Fsp3) is 0.467. The topological polar surface area (TPSA) is 33.2 Å². The van der Waals surface area contributed by atoms with Gasteiger partial charge in [0.1, 0.15) is 0 Å². The molecule has 1 aliphatic heterocycles. The maximum Gasteiger partial charge on any atom is 0.232 e. The lowest BCUT2D eigenvalue weighted by atomic mass is 9.97. The third-order valence-electron chi connectivity index (χ3n) is 3.83. The average molecular weight is 341 g/mol. The number of aromatic nitrogens is 1. The second-order valence-corrected chi connectivity index (χ2v) is 7.62. The molecule has 0 N–H and O–H groups in total. The molecule has 1 saturated heterocycles. The zero-order valence-electron chi connectivity index (χ0n) is 11.8. The van der Waals surface area contributed by atoms with Gasteiger partial charge in [-0.05, 0) is 37.3 Å². The van der Waals surface area contributed by atoms with Crippen LogP contribution in [0.3, 0.4) is 0 Å². The number of hydrogen-bond acceptors (Lipinski definition) is 4. The van der Waals surface area contributed by atoms with E-state index >= 15 is 0 Å². The predicted octanol–water partition coefficient (Wildman–Crippen LogP) is 4.02. The Balaban J connectivity index is 1.69. The Morgan fingerprint density at radius 2 is 2.24 bits per heavy atom. The Morgan fingerprint density at radius 3 is 2.95 bits per heavy atom. The van der Waals surface area contributed by atoms with Crippen molar-refractivity contribution in [3.63, 3.8) is 0 Å². The van der Waals surface area contributed by atoms with Crippen LogP contribution >= 0.6 is 34.7 Å². The Bertz CT molecular complexity index is 650. The third kappa shape index (κ3) is 3.35. The molecule has 0 radical (unpaired) electrons. The van der Waals surface area contributed by atoms with Gasteiger partial charge in [0.15, 0.2) is 0 Å². The maximum absolute atomic E-state index is 11.9. The molecule has 0 bridgehead atoms. The number of halogens is 1. The zero-order valence-corrected chi connectivity index (χ0v) is 14.2. The van der Waals surface area contributed by atoms with Crippen molar-refractivity contribution < 1.29 is 4.79 Å². The van der Waals surface area contributed by atoms with E-state index in [4.69, 9.17) is 16.6 Å². The quantitative estimate of drug-likeness (QED) is 0.846. The van der Waals surface area contributed by atoms with Crippen LogP contribution in [-0.4, -0.2) is 40.9 Å². The highest BCUT2D eigenvalue weighted by molar-refractivity contribution is 7.99. The number of amides is 1. The SMILES string of the molecule is CSCC(=O)N1CCC(c2nc3cc(Cl)ccc3s2)CC1. The summed E-state index contributed by atoms with van der Waals surface area (Å²) in [5.74, 6) is 1.32. The Morgan fingerprint density at radius 1 is 1.48 bits per heavy atom. The van der Waals surface area contributed by atoms with Gasteiger partial charge in [0.2, 0.25) is 5.91 Å². The minimum Gasteiger partial charge on any atom is -0.342 e. The number of thioether (sulfide) groups is 1. The summed E-state index contributed by atoms with van der Waals surface area (Å²) in [4.78, 5) is 18.6. The van der Waals surface area contributed by atoms with Gasteiger partial charge in [0, 0.05) is 24.0 Å². The first kappa shape index (κ1) is 15.1. The van der Waals surface area contributed by atoms with Crippen LogP contribution in [0.25, 0.3) is 10.2 Å². The van der Waals surface area contributed by atoms with Crippen molar-refractivity contribution in [3.05, 3.63) is 28.2 Å². The molecule has 1 amide bonds. The maximum atomic E-state index is 11.9. The molecule has 6 heteroatoms. The van der Waals surface area contributed by atoms with Crippen molar-refractivity contribution in [2.75, 3.05) is 25.1 Å². The molecule has 0 saturated carbocycles. The number of hydrogen-bond donors (Lipinski definition) is 0. The summed E-state index contributed by atoms with van der Waals surface area (Å²) >= 11 is 9.36. The van der Waals surface area contributed by atoms with Crippen LogP contribution in [0.2, 0.25) is 5.02 Å². The van der Waals surface area contributed by atoms with Crippen LogP contribution in [0, 0.1) is 0 Å². The van der Waals surface area contributed by atoms with E-state index in [1.165, 1.54) is 9.71 Å². The third-order valence-corrected chi connectivity index (χ3v) is 5.80. The first-order valence-corrected chi connectivity index (χ1v) is 9.59. The molecule has 112 valence electrons. The molecule has 0 unspecified atom stereocenters. The standard InChI is InChI=1S/C15H17ClN2OS2/c1-20-9-14(19)18-6-4-10(5-7-18)15-17-12-8-11(16)2-3-13(12)21-15/h2-3,8,10H,4-7,9H2,1H3. The minimum absolute atomic E-state index is 0.261. The van der Waals surface area contributed by atoms with Crippen molar-refractivity contribution in [1.82, 2.24) is 9.88 Å². The molecule has 0 spiro atoms. The number of fused-ring (bicyclic) bond motifs is 1. The number of likely N-dealkylation sites (tertiary alicyclic amines) is 1. The predicted molar refractivity (Wildman–Crippen MR) is 91.6 cm³/mol. The summed E-state index contributed by atoms with van der Waals surface area (Å²) in [5.41, 5.74) is 0.989. The van der Waals surface area contributed by atoms with E-state index in [0.717, 1.165) is 36.5 Å². The normalized spacial score (nSPS) is 16.6. The number of piperidine rings is 1. The van der Waals surface area contributed by atoms with Crippen LogP contribution in [0.15, 0.2) is 18.2 Å². The van der Waals surface area contributed by atoms with Gasteiger partial charge >= 0.3 is 0 Å². The average Bonchev–Trinajstić information content (AvgIpc) is 2.90. The van der Waals surface area contributed by atoms with E-state index in [2.05, 4.69) is 0 Å². The first-order valence-electron chi connectivity index (χ1n) is 7.00. The molecule has 1 fully saturated rings. The highest BCUT2D eigenvalue weighted by atomic mass is 35.5. The van der Waals surface area contributed by atoms with Gasteiger partial charge in [-0.2, -0.15) is 11.8 Å². The number of carbonyl (C=O) groups is 1. The van der Waals surface area contributed by atoms with E-state index in [1.807, 2.05) is 29.4 Å². The van der Waals surface area contributed by atoms with Crippen LogP contribution < -0.4 is 0 Å². The van der Waals surface area contributed by atoms with Gasteiger partial charge in [0.25, 0.3) is 0 Å². The fourth-order valence-corrected chi connectivity index (χ4v) is 4.40. The van der Waals surface area contributed by atoms with Crippen molar-refractivity contribution in [2.24, 2.45) is 0 Å². The molecule has 1 aromatic carbocycles. The zero-order chi connectivity index (χ0) is 14.8. The summed E-state index contributed by atoms with van der Waals surface area (Å²) < 4.78 is 1.19. The largest absolute Gasteiger partial charge is 0.342 e. The lowest BCUT2D eigenvalue weighted by Gasteiger charge is -2.31. The molecule has 1 aliphatic rings. The number of thiazole rings is 1. The molecule has 2 heterocycles. The Labute approximate surface area is 137 Å². The summed E-state index contributed by atoms with van der Waals surface area (Å²) in [6.45, 7) is 1.70. The molecule has 3 rings (SSSR count). The van der Waals surface area contributed by atoms with Gasteiger partial charge in [-0.1, -0.05) is 11.6 Å². The summed E-state index contributed by atoms with van der Waals surface area (Å²) in [6, 6.07) is 5.87. The van der Waals surface area contributed by atoms with Gasteiger partial charge in [-0.15, -0.1) is 11.3 Å². The Kier molecular flexibility index (Phi) is 4.72. The van der Waals surface area contributed by atoms with E-state index in [-0.39, 0.29) is 5.91 Å². The summed E-state index contributed by atoms with van der Waals surface area (Å²) in [7, 11) is 0. The molecular formula is C15H17ClN2OS2. The molecule has 0 aliphatic carbocycles. The van der Waals surface area contributed by atoms with Crippen LogP contribution in [0.1, 0.15) is 23.8 Å². The van der Waals surface area contributed by atoms with E-state index in [0.29, 0.717) is 11.7 Å². The molecule has 21 heavy (non-hydrogen) atoms. The Hall–Kier alpha value is -0.780. The van der Waals surface area contributed by atoms with E-state index in [9.17, 15) is 4.79 Å². The van der Waals surface area contributed by atoms with Crippen molar-refractivity contribution in [3.8, 4) is 0 Å². The lowest BCUT2D eigenvalue weighted by Crippen LogP contribution is -2.38. The number of benzene rings is 1. The molecular weight excluding hydrogens is 324 g/mol. The van der Waals surface area contributed by atoms with Crippen molar-refractivity contribution >= 4 is 50.8 Å². The smallest absolute Gasteiger partial charge is 0.232 e. The summed E-state index contributed by atoms with van der Waals surface area (Å²) in [6.07, 6.45) is 3.98. The van der Waals surface area contributed by atoms with Crippen molar-refractivity contribution in [2.45, 2.75) is 18.8 Å². The van der Waals surface area contributed by atoms with Gasteiger partial charge < -0.3 is 4.90 Å². The van der Waals surface area contributed by atoms with E-state index in [1.54, 1.807) is 23.1 Å². The number of carbonyl (C=O) groups excluding carboxylic acids is 1. The van der Waals surface area contributed by atoms with Crippen LogP contribution in [0.4, 0.5) is 0 Å². The summed E-state index contributed by atoms with van der Waals surface area (Å²) in [5, 5.41) is 1.92. The van der Waals surface area contributed by atoms with Gasteiger partial charge in [0.05, 0.1) is 21.0 Å². The van der Waals surface area contributed by atoms with Crippen molar-refractivity contribution in [1.29, 1.82) is 0 Å². The monoisotopic (exact) mass is 340 g/mol. The van der Waals surface area contributed by atoms with Gasteiger partial charge in [-0.25, -0.2) is 4.98 Å². The number of rotatable bonds is 3. The second-order valence-electron chi connectivity index (χ2n) is 5.25. The van der Waals surface area contributed by atoms with Crippen LogP contribution in [0.5, 0.6) is 0 Å². The molecule has 1 aromatic heterocycles. The highest BCUT2D eigenvalue weighted by Crippen LogP contribution is 2.34. The molecule has 0 atom stereocenters. The first-order chi connectivity index (χ1) is 10.2. The molecule has 2 aromatic rings. The van der Waals surface area contributed by atoms with Gasteiger partial charge in [-0.3, -0.25) is 4.79 Å². The number of nitrogens with zero attached hydrogens (tertiary/aromatic N) is 2. The van der Waals surface area contributed by atoms with Crippen LogP contribution in [-0.2, 0) is 4.79 Å².